The van der Waals surface area contributed by atoms with Crippen LogP contribution in [-0.2, 0) is 4.79 Å². The molecule has 0 aromatic heterocycles. The van der Waals surface area contributed by atoms with Crippen LogP contribution >= 0.6 is 0 Å². The predicted octanol–water partition coefficient (Wildman–Crippen LogP) is 3.14. The van der Waals surface area contributed by atoms with Gasteiger partial charge in [-0.2, -0.15) is 0 Å². The van der Waals surface area contributed by atoms with Gasteiger partial charge in [0.1, 0.15) is 13.2 Å². The number of nitro groups is 1. The van der Waals surface area contributed by atoms with Crippen LogP contribution in [0.5, 0.6) is 11.5 Å². The molecule has 2 heterocycles. The van der Waals surface area contributed by atoms with Gasteiger partial charge in [-0.1, -0.05) is 6.07 Å². The lowest BCUT2D eigenvalue weighted by Gasteiger charge is -2.26. The van der Waals surface area contributed by atoms with Gasteiger partial charge >= 0.3 is 0 Å². The molecule has 1 amide bonds. The first-order valence-corrected chi connectivity index (χ1v) is 9.28. The Morgan fingerprint density at radius 2 is 1.89 bits per heavy atom. The number of nitrogens with zero attached hydrogens (tertiary/aromatic N) is 2. The largest absolute Gasteiger partial charge is 0.486 e. The highest BCUT2D eigenvalue weighted by Gasteiger charge is 2.28. The van der Waals surface area contributed by atoms with Gasteiger partial charge in [-0.3, -0.25) is 19.8 Å². The van der Waals surface area contributed by atoms with Gasteiger partial charge in [0.05, 0.1) is 11.5 Å². The third-order valence-corrected chi connectivity index (χ3v) is 5.02. The van der Waals surface area contributed by atoms with Gasteiger partial charge in [-0.15, -0.1) is 0 Å². The molecule has 1 fully saturated rings. The number of nitro benzene ring substituents is 1. The summed E-state index contributed by atoms with van der Waals surface area (Å²) in [6.45, 7) is 2.20. The Kier molecular flexibility index (Phi) is 5.12. The second-order valence-corrected chi connectivity index (χ2v) is 6.88. The summed E-state index contributed by atoms with van der Waals surface area (Å²) in [5.74, 6) is 1.37. The lowest BCUT2D eigenvalue weighted by molar-refractivity contribution is -0.384. The van der Waals surface area contributed by atoms with Crippen molar-refractivity contribution in [3.05, 3.63) is 58.1 Å². The van der Waals surface area contributed by atoms with Crippen molar-refractivity contribution in [2.75, 3.05) is 31.6 Å². The van der Waals surface area contributed by atoms with E-state index in [1.54, 1.807) is 0 Å². The molecular weight excluding hydrogens is 362 g/mol. The Hall–Kier alpha value is -3.13. The van der Waals surface area contributed by atoms with Crippen molar-refractivity contribution in [3.8, 4) is 11.5 Å². The Morgan fingerprint density at radius 1 is 1.14 bits per heavy atom. The molecule has 0 saturated carbocycles. The lowest BCUT2D eigenvalue weighted by atomic mass is 10.0. The summed E-state index contributed by atoms with van der Waals surface area (Å²) >= 11 is 0. The van der Waals surface area contributed by atoms with E-state index >= 15 is 0 Å². The standard InChI is InChI=1S/C20H21N3O5/c24-20(21-15-4-6-16(7-5-15)23(25)26)13-22-9-1-2-17(22)14-3-8-18-19(12-14)28-11-10-27-18/h3-8,12,17H,1-2,9-11,13H2,(H,21,24)/t17-/m0/s1. The van der Waals surface area contributed by atoms with Gasteiger partial charge in [0, 0.05) is 23.9 Å². The van der Waals surface area contributed by atoms with E-state index < -0.39 is 4.92 Å². The van der Waals surface area contributed by atoms with Crippen molar-refractivity contribution in [1.29, 1.82) is 0 Å². The molecule has 4 rings (SSSR count). The second-order valence-electron chi connectivity index (χ2n) is 6.88. The van der Waals surface area contributed by atoms with Crippen LogP contribution < -0.4 is 14.8 Å². The predicted molar refractivity (Wildman–Crippen MR) is 103 cm³/mol. The first kappa shape index (κ1) is 18.2. The van der Waals surface area contributed by atoms with E-state index in [1.807, 2.05) is 18.2 Å². The molecule has 28 heavy (non-hydrogen) atoms. The molecule has 0 aliphatic carbocycles. The Morgan fingerprint density at radius 3 is 2.64 bits per heavy atom. The number of benzene rings is 2. The maximum atomic E-state index is 12.5. The third-order valence-electron chi connectivity index (χ3n) is 5.02. The van der Waals surface area contributed by atoms with Crippen LogP contribution in [0.15, 0.2) is 42.5 Å². The molecule has 1 N–H and O–H groups in total. The summed E-state index contributed by atoms with van der Waals surface area (Å²) in [4.78, 5) is 24.9. The fourth-order valence-corrected chi connectivity index (χ4v) is 3.71. The number of likely N-dealkylation sites (tertiary alicyclic amines) is 1. The normalized spacial score (nSPS) is 18.6. The summed E-state index contributed by atoms with van der Waals surface area (Å²) in [7, 11) is 0. The highest BCUT2D eigenvalue weighted by Crippen LogP contribution is 2.37. The number of non-ortho nitro benzene ring substituents is 1. The fourth-order valence-electron chi connectivity index (χ4n) is 3.71. The zero-order valence-electron chi connectivity index (χ0n) is 15.3. The van der Waals surface area contributed by atoms with Crippen molar-refractivity contribution in [1.82, 2.24) is 4.90 Å². The minimum absolute atomic E-state index is 0.00351. The van der Waals surface area contributed by atoms with Gasteiger partial charge in [0.2, 0.25) is 5.91 Å². The number of fused-ring (bicyclic) bond motifs is 1. The van der Waals surface area contributed by atoms with Crippen LogP contribution in [0.1, 0.15) is 24.4 Å². The van der Waals surface area contributed by atoms with Crippen LogP contribution in [0.25, 0.3) is 0 Å². The molecule has 8 nitrogen and oxygen atoms in total. The fraction of sp³-hybridized carbons (Fsp3) is 0.350. The van der Waals surface area contributed by atoms with E-state index in [0.717, 1.165) is 36.4 Å². The van der Waals surface area contributed by atoms with Gasteiger partial charge < -0.3 is 14.8 Å². The van der Waals surface area contributed by atoms with Crippen molar-refractivity contribution >= 4 is 17.3 Å². The number of amides is 1. The number of nitrogens with one attached hydrogen (secondary N) is 1. The van der Waals surface area contributed by atoms with E-state index in [9.17, 15) is 14.9 Å². The molecular formula is C20H21N3O5. The Balaban J connectivity index is 1.41. The summed E-state index contributed by atoms with van der Waals surface area (Å²) < 4.78 is 11.3. The molecule has 2 aliphatic heterocycles. The van der Waals surface area contributed by atoms with Gasteiger partial charge in [0.25, 0.3) is 5.69 Å². The SMILES string of the molecule is O=C(CN1CCC[C@H]1c1ccc2c(c1)OCCO2)Nc1ccc([N+](=O)[O-])cc1. The van der Waals surface area contributed by atoms with Crippen LogP contribution in [0.3, 0.4) is 0 Å². The second kappa shape index (κ2) is 7.85. The molecule has 0 radical (unpaired) electrons. The zero-order chi connectivity index (χ0) is 19.5. The zero-order valence-corrected chi connectivity index (χ0v) is 15.3. The van der Waals surface area contributed by atoms with Crippen LogP contribution in [0.4, 0.5) is 11.4 Å². The summed E-state index contributed by atoms with van der Waals surface area (Å²) in [5.41, 5.74) is 1.66. The van der Waals surface area contributed by atoms with E-state index in [1.165, 1.54) is 24.3 Å². The Bertz CT molecular complexity index is 884. The Labute approximate surface area is 162 Å². The van der Waals surface area contributed by atoms with Crippen molar-refractivity contribution in [2.24, 2.45) is 0 Å². The number of carbonyl (C=O) groups is 1. The number of ether oxygens (including phenoxy) is 2. The number of hydrogen-bond acceptors (Lipinski definition) is 6. The number of anilines is 1. The third kappa shape index (κ3) is 3.91. The molecule has 146 valence electrons. The van der Waals surface area contributed by atoms with E-state index in [4.69, 9.17) is 9.47 Å². The summed E-state index contributed by atoms with van der Waals surface area (Å²) in [6.07, 6.45) is 1.99. The summed E-state index contributed by atoms with van der Waals surface area (Å²) in [6, 6.07) is 12.0. The van der Waals surface area contributed by atoms with Gasteiger partial charge in [-0.05, 0) is 49.2 Å². The van der Waals surface area contributed by atoms with Crippen LogP contribution in [0.2, 0.25) is 0 Å². The topological polar surface area (TPSA) is 93.9 Å². The molecule has 2 aliphatic rings. The molecule has 2 aromatic carbocycles. The smallest absolute Gasteiger partial charge is 0.269 e. The summed E-state index contributed by atoms with van der Waals surface area (Å²) in [5, 5.41) is 13.5. The highest BCUT2D eigenvalue weighted by molar-refractivity contribution is 5.92. The van der Waals surface area contributed by atoms with Crippen molar-refractivity contribution < 1.29 is 19.2 Å². The lowest BCUT2D eigenvalue weighted by Crippen LogP contribution is -2.33. The number of hydrogen-bond donors (Lipinski definition) is 1. The van der Waals surface area contributed by atoms with Gasteiger partial charge in [0.15, 0.2) is 11.5 Å². The first-order chi connectivity index (χ1) is 13.6. The number of rotatable bonds is 5. The van der Waals surface area contributed by atoms with E-state index in [-0.39, 0.29) is 24.2 Å². The van der Waals surface area contributed by atoms with Crippen LogP contribution in [-0.4, -0.2) is 42.0 Å². The molecule has 2 aromatic rings. The minimum Gasteiger partial charge on any atom is -0.486 e. The average molecular weight is 383 g/mol. The molecule has 0 bridgehead atoms. The number of carbonyl (C=O) groups excluding carboxylic acids is 1. The van der Waals surface area contributed by atoms with E-state index in [0.29, 0.717) is 18.9 Å². The molecule has 1 atom stereocenters. The quantitative estimate of drug-likeness (QED) is 0.630. The average Bonchev–Trinajstić information content (AvgIpc) is 3.16. The van der Waals surface area contributed by atoms with Crippen molar-refractivity contribution in [3.63, 3.8) is 0 Å². The molecule has 1 saturated heterocycles. The van der Waals surface area contributed by atoms with Gasteiger partial charge in [-0.25, -0.2) is 0 Å². The van der Waals surface area contributed by atoms with Crippen LogP contribution in [0, 0.1) is 10.1 Å². The molecule has 8 heteroatoms. The first-order valence-electron chi connectivity index (χ1n) is 9.28. The minimum atomic E-state index is -0.465. The maximum Gasteiger partial charge on any atom is 0.269 e. The maximum absolute atomic E-state index is 12.5. The molecule has 0 unspecified atom stereocenters. The van der Waals surface area contributed by atoms with E-state index in [2.05, 4.69) is 10.2 Å². The molecule has 0 spiro atoms. The highest BCUT2D eigenvalue weighted by atomic mass is 16.6. The monoisotopic (exact) mass is 383 g/mol. The van der Waals surface area contributed by atoms with Crippen molar-refractivity contribution in [2.45, 2.75) is 18.9 Å².